The number of ether oxygens (including phenoxy) is 1. The van der Waals surface area contributed by atoms with E-state index in [9.17, 15) is 4.79 Å². The molecule has 3 rings (SSSR count). The molecule has 0 saturated carbocycles. The van der Waals surface area contributed by atoms with Crippen molar-refractivity contribution in [3.8, 4) is 17.6 Å². The van der Waals surface area contributed by atoms with Crippen LogP contribution >= 0.6 is 23.5 Å². The lowest BCUT2D eigenvalue weighted by Gasteiger charge is -2.37. The number of carbonyl (C=O) groups is 1. The van der Waals surface area contributed by atoms with Crippen LogP contribution < -0.4 is 4.74 Å². The van der Waals surface area contributed by atoms with Crippen LogP contribution in [-0.2, 0) is 15.3 Å². The summed E-state index contributed by atoms with van der Waals surface area (Å²) < 4.78 is 5.90. The number of carboxylic acid groups (broad SMARTS) is 1. The molecule has 28 heavy (non-hydrogen) atoms. The van der Waals surface area contributed by atoms with Crippen LogP contribution in [-0.4, -0.2) is 39.2 Å². The van der Waals surface area contributed by atoms with Gasteiger partial charge in [0.05, 0.1) is 16.2 Å². The van der Waals surface area contributed by atoms with Gasteiger partial charge in [-0.25, -0.2) is 9.97 Å². The van der Waals surface area contributed by atoms with Crippen LogP contribution in [0.5, 0.6) is 5.75 Å². The number of aliphatic carboxylic acids is 1. The first-order valence-electron chi connectivity index (χ1n) is 9.16. The van der Waals surface area contributed by atoms with Gasteiger partial charge in [-0.1, -0.05) is 25.7 Å². The Labute approximate surface area is 173 Å². The molecule has 1 aliphatic heterocycles. The molecule has 0 spiro atoms. The fourth-order valence-electron chi connectivity index (χ4n) is 3.06. The maximum absolute atomic E-state index is 10.7. The minimum Gasteiger partial charge on any atom is -0.493 e. The van der Waals surface area contributed by atoms with Gasteiger partial charge in [0.15, 0.2) is 0 Å². The van der Waals surface area contributed by atoms with Gasteiger partial charge in [0.1, 0.15) is 18.0 Å². The van der Waals surface area contributed by atoms with Crippen LogP contribution in [0.4, 0.5) is 0 Å². The Morgan fingerprint density at radius 3 is 2.50 bits per heavy atom. The predicted octanol–water partition coefficient (Wildman–Crippen LogP) is 3.95. The Morgan fingerprint density at radius 1 is 1.18 bits per heavy atom. The van der Waals surface area contributed by atoms with E-state index in [4.69, 9.17) is 9.84 Å². The first-order valence-corrected chi connectivity index (χ1v) is 11.1. The van der Waals surface area contributed by atoms with Crippen LogP contribution in [0.25, 0.3) is 0 Å². The van der Waals surface area contributed by atoms with Crippen molar-refractivity contribution in [2.75, 3.05) is 18.1 Å². The molecule has 146 valence electrons. The lowest BCUT2D eigenvalue weighted by Crippen LogP contribution is -2.27. The summed E-state index contributed by atoms with van der Waals surface area (Å²) in [5, 5.41) is 8.78. The van der Waals surface area contributed by atoms with E-state index < -0.39 is 5.97 Å². The summed E-state index contributed by atoms with van der Waals surface area (Å²) in [5.74, 6) is 8.60. The number of thioether (sulfide) groups is 2. The quantitative estimate of drug-likeness (QED) is 0.567. The van der Waals surface area contributed by atoms with Crippen molar-refractivity contribution in [1.82, 2.24) is 9.97 Å². The summed E-state index contributed by atoms with van der Waals surface area (Å²) in [5.41, 5.74) is 2.77. The van der Waals surface area contributed by atoms with Gasteiger partial charge in [0.25, 0.3) is 0 Å². The average Bonchev–Trinajstić information content (AvgIpc) is 2.68. The van der Waals surface area contributed by atoms with E-state index in [-0.39, 0.29) is 16.3 Å². The highest BCUT2D eigenvalue weighted by Gasteiger charge is 2.38. The van der Waals surface area contributed by atoms with E-state index in [1.807, 2.05) is 35.7 Å². The van der Waals surface area contributed by atoms with E-state index in [0.717, 1.165) is 35.8 Å². The SMILES string of the molecule is CCSC1(SCC)CCOc2ccc(C#Cc3cnc(CC(=O)O)nc3)cc21. The second kappa shape index (κ2) is 9.35. The molecule has 2 heterocycles. The standard InChI is InChI=1S/C21H22N2O3S2/c1-3-27-21(28-4-2)9-10-26-18-8-7-15(11-17(18)21)5-6-16-13-22-19(23-14-16)12-20(24)25/h7-8,11,13-14H,3-4,9-10,12H2,1-2H3,(H,24,25). The molecular weight excluding hydrogens is 392 g/mol. The van der Waals surface area contributed by atoms with Crippen molar-refractivity contribution in [2.24, 2.45) is 0 Å². The molecular formula is C21H22N2O3S2. The molecule has 2 aromatic rings. The van der Waals surface area contributed by atoms with Crippen molar-refractivity contribution in [3.63, 3.8) is 0 Å². The van der Waals surface area contributed by atoms with Gasteiger partial charge in [-0.05, 0) is 29.7 Å². The van der Waals surface area contributed by atoms with E-state index >= 15 is 0 Å². The van der Waals surface area contributed by atoms with Crippen LogP contribution in [0, 0.1) is 11.8 Å². The number of nitrogens with zero attached hydrogens (tertiary/aromatic N) is 2. The lowest BCUT2D eigenvalue weighted by atomic mass is 10.0. The van der Waals surface area contributed by atoms with Crippen LogP contribution in [0.1, 0.15) is 42.8 Å². The Balaban J connectivity index is 1.87. The number of benzene rings is 1. The number of aromatic nitrogens is 2. The molecule has 5 nitrogen and oxygen atoms in total. The van der Waals surface area contributed by atoms with E-state index in [1.165, 1.54) is 5.56 Å². The fraction of sp³-hybridized carbons (Fsp3) is 0.381. The predicted molar refractivity (Wildman–Crippen MR) is 114 cm³/mol. The zero-order valence-electron chi connectivity index (χ0n) is 15.9. The van der Waals surface area contributed by atoms with Crippen molar-refractivity contribution in [2.45, 2.75) is 30.8 Å². The van der Waals surface area contributed by atoms with E-state index in [2.05, 4.69) is 41.7 Å². The Kier molecular flexibility index (Phi) is 6.87. The number of hydrogen-bond donors (Lipinski definition) is 1. The molecule has 0 bridgehead atoms. The Bertz CT molecular complexity index is 898. The van der Waals surface area contributed by atoms with Gasteiger partial charge in [-0.3, -0.25) is 4.79 Å². The molecule has 1 aromatic carbocycles. The molecule has 0 aliphatic carbocycles. The van der Waals surface area contributed by atoms with Gasteiger partial charge >= 0.3 is 5.97 Å². The summed E-state index contributed by atoms with van der Waals surface area (Å²) in [7, 11) is 0. The molecule has 7 heteroatoms. The van der Waals surface area contributed by atoms with Crippen molar-refractivity contribution in [1.29, 1.82) is 0 Å². The molecule has 1 aromatic heterocycles. The van der Waals surface area contributed by atoms with Crippen LogP contribution in [0.15, 0.2) is 30.6 Å². The molecule has 0 saturated heterocycles. The van der Waals surface area contributed by atoms with Crippen LogP contribution in [0.2, 0.25) is 0 Å². The smallest absolute Gasteiger partial charge is 0.311 e. The van der Waals surface area contributed by atoms with E-state index in [0.29, 0.717) is 5.56 Å². The van der Waals surface area contributed by atoms with E-state index in [1.54, 1.807) is 12.4 Å². The maximum atomic E-state index is 10.7. The van der Waals surface area contributed by atoms with Gasteiger partial charge in [0, 0.05) is 29.9 Å². The lowest BCUT2D eigenvalue weighted by molar-refractivity contribution is -0.136. The molecule has 0 amide bonds. The fourth-order valence-corrected chi connectivity index (χ4v) is 6.12. The normalized spacial score (nSPS) is 14.4. The van der Waals surface area contributed by atoms with Crippen molar-refractivity contribution < 1.29 is 14.6 Å². The summed E-state index contributed by atoms with van der Waals surface area (Å²) in [6.07, 6.45) is 3.91. The first-order chi connectivity index (χ1) is 13.6. The second-order valence-corrected chi connectivity index (χ2v) is 9.52. The van der Waals surface area contributed by atoms with Gasteiger partial charge in [0.2, 0.25) is 0 Å². The maximum Gasteiger partial charge on any atom is 0.311 e. The minimum atomic E-state index is -0.950. The number of carboxylic acids is 1. The van der Waals surface area contributed by atoms with Gasteiger partial charge in [-0.2, -0.15) is 0 Å². The third kappa shape index (κ3) is 4.81. The summed E-state index contributed by atoms with van der Waals surface area (Å²) in [4.78, 5) is 18.8. The third-order valence-corrected chi connectivity index (χ3v) is 7.26. The highest BCUT2D eigenvalue weighted by molar-refractivity contribution is 8.17. The Hall–Kier alpha value is -2.17. The average molecular weight is 415 g/mol. The number of hydrogen-bond acceptors (Lipinski definition) is 6. The van der Waals surface area contributed by atoms with Crippen LogP contribution in [0.3, 0.4) is 0 Å². The van der Waals surface area contributed by atoms with Gasteiger partial charge in [-0.15, -0.1) is 23.5 Å². The summed E-state index contributed by atoms with van der Waals surface area (Å²) in [6, 6.07) is 6.10. The molecule has 0 fully saturated rings. The minimum absolute atomic E-state index is 0.0103. The zero-order chi connectivity index (χ0) is 20.0. The van der Waals surface area contributed by atoms with Crippen molar-refractivity contribution >= 4 is 29.5 Å². The number of fused-ring (bicyclic) bond motifs is 1. The molecule has 0 radical (unpaired) electrons. The zero-order valence-corrected chi connectivity index (χ0v) is 17.5. The molecule has 1 N–H and O–H groups in total. The monoisotopic (exact) mass is 414 g/mol. The summed E-state index contributed by atoms with van der Waals surface area (Å²) in [6.45, 7) is 5.11. The van der Waals surface area contributed by atoms with Crippen molar-refractivity contribution in [3.05, 3.63) is 53.1 Å². The third-order valence-electron chi connectivity index (χ3n) is 4.20. The highest BCUT2D eigenvalue weighted by Crippen LogP contribution is 2.54. The first kappa shape index (κ1) is 20.6. The highest BCUT2D eigenvalue weighted by atomic mass is 32.2. The Morgan fingerprint density at radius 2 is 1.86 bits per heavy atom. The number of rotatable bonds is 6. The molecule has 1 aliphatic rings. The second-order valence-electron chi connectivity index (χ2n) is 6.14. The van der Waals surface area contributed by atoms with Gasteiger partial charge < -0.3 is 9.84 Å². The largest absolute Gasteiger partial charge is 0.493 e. The topological polar surface area (TPSA) is 72.3 Å². The summed E-state index contributed by atoms with van der Waals surface area (Å²) >= 11 is 3.93. The molecule has 0 atom stereocenters. The molecule has 0 unspecified atom stereocenters.